The number of hydrogen-bond acceptors (Lipinski definition) is 6. The van der Waals surface area contributed by atoms with Gasteiger partial charge in [0, 0.05) is 23.3 Å². The summed E-state index contributed by atoms with van der Waals surface area (Å²) in [5.41, 5.74) is 2.68. The molecule has 0 fully saturated rings. The third-order valence-electron chi connectivity index (χ3n) is 5.17. The first-order chi connectivity index (χ1) is 14.1. The van der Waals surface area contributed by atoms with Crippen LogP contribution in [0.1, 0.15) is 48.1 Å². The van der Waals surface area contributed by atoms with Crippen LogP contribution in [0.2, 0.25) is 0 Å². The Balaban J connectivity index is 1.32. The lowest BCUT2D eigenvalue weighted by Crippen LogP contribution is -2.12. The van der Waals surface area contributed by atoms with E-state index < -0.39 is 0 Å². The lowest BCUT2D eigenvalue weighted by molar-refractivity contribution is -0.116. The standard InChI is InChI=1S/C22H22N4O2S/c1-14-10-11-16-17(13-23)22(29-18(16)12-14)24-19(27)8-5-9-20-25-21(26-28-20)15-6-3-2-4-7-15/h2-4,6-7,14H,5,8-12H2,1H3,(H,24,27)/t14-/m1/s1. The zero-order chi connectivity index (χ0) is 20.2. The van der Waals surface area contributed by atoms with Crippen molar-refractivity contribution in [2.75, 3.05) is 5.32 Å². The highest BCUT2D eigenvalue weighted by Gasteiger charge is 2.24. The number of aromatic nitrogens is 2. The summed E-state index contributed by atoms with van der Waals surface area (Å²) >= 11 is 1.55. The molecule has 0 bridgehead atoms. The van der Waals surface area contributed by atoms with Crippen molar-refractivity contribution in [1.82, 2.24) is 10.1 Å². The van der Waals surface area contributed by atoms with Gasteiger partial charge in [-0.1, -0.05) is 42.4 Å². The van der Waals surface area contributed by atoms with Crippen LogP contribution in [0.5, 0.6) is 0 Å². The van der Waals surface area contributed by atoms with Crippen LogP contribution in [-0.2, 0) is 24.1 Å². The summed E-state index contributed by atoms with van der Waals surface area (Å²) in [6.07, 6.45) is 4.50. The molecular formula is C22H22N4O2S. The number of nitrogens with one attached hydrogen (secondary N) is 1. The molecule has 0 saturated heterocycles. The van der Waals surface area contributed by atoms with Crippen LogP contribution in [0.4, 0.5) is 5.00 Å². The highest BCUT2D eigenvalue weighted by molar-refractivity contribution is 7.16. The Morgan fingerprint density at radius 2 is 2.21 bits per heavy atom. The van der Waals surface area contributed by atoms with E-state index in [-0.39, 0.29) is 5.91 Å². The third kappa shape index (κ3) is 4.38. The number of fused-ring (bicyclic) bond motifs is 1. The molecule has 2 aromatic heterocycles. The first-order valence-corrected chi connectivity index (χ1v) is 10.7. The highest BCUT2D eigenvalue weighted by Crippen LogP contribution is 2.39. The van der Waals surface area contributed by atoms with Gasteiger partial charge in [0.15, 0.2) is 0 Å². The number of anilines is 1. The number of thiophene rings is 1. The van der Waals surface area contributed by atoms with Crippen molar-refractivity contribution >= 4 is 22.2 Å². The van der Waals surface area contributed by atoms with Gasteiger partial charge in [0.25, 0.3) is 0 Å². The van der Waals surface area contributed by atoms with Gasteiger partial charge in [-0.2, -0.15) is 10.2 Å². The second-order valence-corrected chi connectivity index (χ2v) is 8.55. The maximum atomic E-state index is 12.4. The molecule has 1 aromatic carbocycles. The summed E-state index contributed by atoms with van der Waals surface area (Å²) in [6.45, 7) is 2.23. The molecular weight excluding hydrogens is 384 g/mol. The summed E-state index contributed by atoms with van der Waals surface area (Å²) < 4.78 is 5.29. The van der Waals surface area contributed by atoms with Crippen molar-refractivity contribution in [3.63, 3.8) is 0 Å². The van der Waals surface area contributed by atoms with Gasteiger partial charge in [0.1, 0.15) is 11.1 Å². The van der Waals surface area contributed by atoms with Gasteiger partial charge in [-0.25, -0.2) is 0 Å². The third-order valence-corrected chi connectivity index (χ3v) is 6.34. The molecule has 0 radical (unpaired) electrons. The van der Waals surface area contributed by atoms with E-state index >= 15 is 0 Å². The molecule has 0 aliphatic heterocycles. The maximum absolute atomic E-state index is 12.4. The Labute approximate surface area is 173 Å². The van der Waals surface area contributed by atoms with Crippen LogP contribution in [0.3, 0.4) is 0 Å². The molecule has 1 N–H and O–H groups in total. The predicted octanol–water partition coefficient (Wildman–Crippen LogP) is 4.76. The number of rotatable bonds is 6. The van der Waals surface area contributed by atoms with Crippen molar-refractivity contribution in [3.8, 4) is 17.5 Å². The van der Waals surface area contributed by atoms with E-state index in [2.05, 4.69) is 28.5 Å². The van der Waals surface area contributed by atoms with Crippen molar-refractivity contribution in [1.29, 1.82) is 5.26 Å². The van der Waals surface area contributed by atoms with Crippen LogP contribution in [-0.4, -0.2) is 16.0 Å². The SMILES string of the molecule is C[C@@H]1CCc2c(sc(NC(=O)CCCc3nc(-c4ccccc4)no3)c2C#N)C1. The molecule has 2 heterocycles. The summed E-state index contributed by atoms with van der Waals surface area (Å²) in [7, 11) is 0. The fourth-order valence-electron chi connectivity index (χ4n) is 3.61. The number of nitrogens with zero attached hydrogens (tertiary/aromatic N) is 3. The van der Waals surface area contributed by atoms with Crippen molar-refractivity contribution < 1.29 is 9.32 Å². The molecule has 1 amide bonds. The van der Waals surface area contributed by atoms with Crippen LogP contribution in [0, 0.1) is 17.2 Å². The van der Waals surface area contributed by atoms with Gasteiger partial charge in [-0.3, -0.25) is 4.79 Å². The molecule has 29 heavy (non-hydrogen) atoms. The van der Waals surface area contributed by atoms with Crippen molar-refractivity contribution in [2.24, 2.45) is 5.92 Å². The summed E-state index contributed by atoms with van der Waals surface area (Å²) in [5, 5.41) is 17.2. The fourth-order valence-corrected chi connectivity index (χ4v) is 4.98. The number of nitriles is 1. The second kappa shape index (κ2) is 8.58. The molecule has 1 aliphatic carbocycles. The smallest absolute Gasteiger partial charge is 0.226 e. The maximum Gasteiger partial charge on any atom is 0.226 e. The van der Waals surface area contributed by atoms with E-state index in [1.807, 2.05) is 30.3 Å². The van der Waals surface area contributed by atoms with E-state index in [9.17, 15) is 10.1 Å². The molecule has 3 aromatic rings. The number of aryl methyl sites for hydroxylation is 1. The largest absolute Gasteiger partial charge is 0.339 e. The first kappa shape index (κ1) is 19.3. The molecule has 4 rings (SSSR count). The number of hydrogen-bond donors (Lipinski definition) is 1. The van der Waals surface area contributed by atoms with Gasteiger partial charge in [-0.05, 0) is 37.2 Å². The normalized spacial score (nSPS) is 15.5. The lowest BCUT2D eigenvalue weighted by atomic mass is 9.88. The molecule has 1 aliphatic rings. The summed E-state index contributed by atoms with van der Waals surface area (Å²) in [5.74, 6) is 1.62. The minimum Gasteiger partial charge on any atom is -0.339 e. The van der Waals surface area contributed by atoms with Crippen molar-refractivity contribution in [3.05, 3.63) is 52.2 Å². The zero-order valence-electron chi connectivity index (χ0n) is 16.3. The molecule has 0 spiro atoms. The van der Waals surface area contributed by atoms with E-state index in [1.54, 1.807) is 11.3 Å². The van der Waals surface area contributed by atoms with Gasteiger partial charge >= 0.3 is 0 Å². The quantitative estimate of drug-likeness (QED) is 0.637. The average Bonchev–Trinajstić information content (AvgIpc) is 3.32. The predicted molar refractivity (Wildman–Crippen MR) is 112 cm³/mol. The van der Waals surface area contributed by atoms with Crippen LogP contribution < -0.4 is 5.32 Å². The highest BCUT2D eigenvalue weighted by atomic mass is 32.1. The van der Waals surface area contributed by atoms with Gasteiger partial charge < -0.3 is 9.84 Å². The Morgan fingerprint density at radius 3 is 3.00 bits per heavy atom. The number of carbonyl (C=O) groups is 1. The van der Waals surface area contributed by atoms with E-state index in [0.29, 0.717) is 47.5 Å². The van der Waals surface area contributed by atoms with E-state index in [0.717, 1.165) is 30.4 Å². The van der Waals surface area contributed by atoms with Crippen LogP contribution in [0.15, 0.2) is 34.9 Å². The zero-order valence-corrected chi connectivity index (χ0v) is 17.1. The molecule has 6 nitrogen and oxygen atoms in total. The Bertz CT molecular complexity index is 1050. The minimum absolute atomic E-state index is 0.0871. The van der Waals surface area contributed by atoms with Crippen LogP contribution in [0.25, 0.3) is 11.4 Å². The Hall–Kier alpha value is -2.98. The molecule has 7 heteroatoms. The summed E-state index contributed by atoms with van der Waals surface area (Å²) in [4.78, 5) is 18.0. The molecule has 0 unspecified atom stereocenters. The minimum atomic E-state index is -0.0871. The monoisotopic (exact) mass is 406 g/mol. The second-order valence-electron chi connectivity index (χ2n) is 7.45. The number of carbonyl (C=O) groups excluding carboxylic acids is 1. The van der Waals surface area contributed by atoms with E-state index in [4.69, 9.17) is 4.52 Å². The van der Waals surface area contributed by atoms with Gasteiger partial charge in [0.2, 0.25) is 17.6 Å². The molecule has 0 saturated carbocycles. The van der Waals surface area contributed by atoms with Gasteiger partial charge in [0.05, 0.1) is 5.56 Å². The Morgan fingerprint density at radius 1 is 1.38 bits per heavy atom. The summed E-state index contributed by atoms with van der Waals surface area (Å²) in [6, 6.07) is 11.9. The number of amides is 1. The first-order valence-electron chi connectivity index (χ1n) is 9.86. The van der Waals surface area contributed by atoms with E-state index in [1.165, 1.54) is 4.88 Å². The van der Waals surface area contributed by atoms with Gasteiger partial charge in [-0.15, -0.1) is 11.3 Å². The topological polar surface area (TPSA) is 91.8 Å². The number of benzene rings is 1. The van der Waals surface area contributed by atoms with Crippen LogP contribution >= 0.6 is 11.3 Å². The molecule has 148 valence electrons. The average molecular weight is 407 g/mol. The fraction of sp³-hybridized carbons (Fsp3) is 0.364. The Kier molecular flexibility index (Phi) is 5.72. The molecule has 1 atom stereocenters. The lowest BCUT2D eigenvalue weighted by Gasteiger charge is -2.17. The van der Waals surface area contributed by atoms with Crippen molar-refractivity contribution in [2.45, 2.75) is 45.4 Å².